The van der Waals surface area contributed by atoms with Gasteiger partial charge in [0, 0.05) is 12.1 Å². The SMILES string of the molecule is Cc1oc(-c2cccc(C(F)(F)F)c2)nc1C(=O)OCC1CCCCNC1=O. The molecule has 1 aliphatic heterocycles. The largest absolute Gasteiger partial charge is 0.460 e. The van der Waals surface area contributed by atoms with Crippen LogP contribution in [-0.4, -0.2) is 30.0 Å². The van der Waals surface area contributed by atoms with Gasteiger partial charge in [0.15, 0.2) is 5.69 Å². The van der Waals surface area contributed by atoms with Gasteiger partial charge in [0.1, 0.15) is 12.4 Å². The van der Waals surface area contributed by atoms with Crippen molar-refractivity contribution in [2.75, 3.05) is 13.2 Å². The van der Waals surface area contributed by atoms with Crippen molar-refractivity contribution in [3.05, 3.63) is 41.3 Å². The zero-order valence-corrected chi connectivity index (χ0v) is 15.1. The molecule has 1 N–H and O–H groups in total. The molecule has 2 heterocycles. The summed E-state index contributed by atoms with van der Waals surface area (Å²) in [7, 11) is 0. The average Bonchev–Trinajstić information content (AvgIpc) is 2.92. The van der Waals surface area contributed by atoms with Gasteiger partial charge in [-0.25, -0.2) is 9.78 Å². The quantitative estimate of drug-likeness (QED) is 0.797. The number of hydrogen-bond acceptors (Lipinski definition) is 5. The van der Waals surface area contributed by atoms with Gasteiger partial charge >= 0.3 is 12.1 Å². The molecule has 1 amide bonds. The summed E-state index contributed by atoms with van der Waals surface area (Å²) in [5.74, 6) is -1.35. The van der Waals surface area contributed by atoms with Crippen LogP contribution < -0.4 is 5.32 Å². The van der Waals surface area contributed by atoms with E-state index in [0.29, 0.717) is 13.0 Å². The molecule has 0 spiro atoms. The van der Waals surface area contributed by atoms with Crippen molar-refractivity contribution in [2.24, 2.45) is 5.92 Å². The molecule has 6 nitrogen and oxygen atoms in total. The minimum atomic E-state index is -4.50. The fraction of sp³-hybridized carbons (Fsp3) is 0.421. The van der Waals surface area contributed by atoms with Crippen LogP contribution >= 0.6 is 0 Å². The molecule has 0 saturated carbocycles. The van der Waals surface area contributed by atoms with Crippen LogP contribution in [0.2, 0.25) is 0 Å². The summed E-state index contributed by atoms with van der Waals surface area (Å²) in [4.78, 5) is 28.2. The lowest BCUT2D eigenvalue weighted by molar-refractivity contribution is -0.137. The Morgan fingerprint density at radius 1 is 1.36 bits per heavy atom. The molecule has 150 valence electrons. The standard InChI is InChI=1S/C19H19F3N2O4/c1-11-15(18(26)27-10-13-5-2-3-8-23-16(13)25)24-17(28-11)12-6-4-7-14(9-12)19(20,21)22/h4,6-7,9,13H,2-3,5,8,10H2,1H3,(H,23,25). The first-order valence-electron chi connectivity index (χ1n) is 8.85. The van der Waals surface area contributed by atoms with E-state index in [1.807, 2.05) is 0 Å². The molecular weight excluding hydrogens is 377 g/mol. The third-order valence-corrected chi connectivity index (χ3v) is 4.49. The monoisotopic (exact) mass is 396 g/mol. The van der Waals surface area contributed by atoms with Crippen molar-refractivity contribution in [3.8, 4) is 11.5 Å². The number of carbonyl (C=O) groups is 2. The number of esters is 1. The Kier molecular flexibility index (Phi) is 5.71. The summed E-state index contributed by atoms with van der Waals surface area (Å²) >= 11 is 0. The first-order valence-corrected chi connectivity index (χ1v) is 8.85. The Morgan fingerprint density at radius 3 is 2.89 bits per heavy atom. The van der Waals surface area contributed by atoms with Gasteiger partial charge in [-0.05, 0) is 38.0 Å². The summed E-state index contributed by atoms with van der Waals surface area (Å²) in [6, 6.07) is 4.48. The summed E-state index contributed by atoms with van der Waals surface area (Å²) < 4.78 is 49.2. The molecule has 0 aliphatic carbocycles. The molecule has 3 rings (SSSR count). The lowest BCUT2D eigenvalue weighted by Gasteiger charge is -2.12. The molecule has 0 bridgehead atoms. The lowest BCUT2D eigenvalue weighted by atomic mass is 10.0. The fourth-order valence-electron chi connectivity index (χ4n) is 2.94. The first kappa shape index (κ1) is 19.9. The van der Waals surface area contributed by atoms with Gasteiger partial charge in [0.05, 0.1) is 11.5 Å². The van der Waals surface area contributed by atoms with Crippen LogP contribution in [0.5, 0.6) is 0 Å². The Morgan fingerprint density at radius 2 is 2.14 bits per heavy atom. The topological polar surface area (TPSA) is 81.4 Å². The zero-order valence-electron chi connectivity index (χ0n) is 15.1. The third kappa shape index (κ3) is 4.52. The molecule has 1 atom stereocenters. The number of halogens is 3. The number of ether oxygens (including phenoxy) is 1. The van der Waals surface area contributed by atoms with E-state index in [1.165, 1.54) is 19.1 Å². The minimum Gasteiger partial charge on any atom is -0.460 e. The Balaban J connectivity index is 1.73. The van der Waals surface area contributed by atoms with Gasteiger partial charge in [-0.2, -0.15) is 13.2 Å². The summed E-state index contributed by atoms with van der Waals surface area (Å²) in [5.41, 5.74) is -0.870. The lowest BCUT2D eigenvalue weighted by Crippen LogP contribution is -2.32. The van der Waals surface area contributed by atoms with Gasteiger partial charge in [-0.1, -0.05) is 12.5 Å². The highest BCUT2D eigenvalue weighted by Gasteiger charge is 2.31. The highest BCUT2D eigenvalue weighted by atomic mass is 19.4. The van der Waals surface area contributed by atoms with Crippen LogP contribution in [0.1, 0.15) is 41.1 Å². The minimum absolute atomic E-state index is 0.0874. The van der Waals surface area contributed by atoms with E-state index in [-0.39, 0.29) is 35.4 Å². The van der Waals surface area contributed by atoms with Gasteiger partial charge in [0.25, 0.3) is 0 Å². The number of amides is 1. The molecule has 1 aliphatic rings. The van der Waals surface area contributed by atoms with Crippen molar-refractivity contribution in [3.63, 3.8) is 0 Å². The van der Waals surface area contributed by atoms with Crippen molar-refractivity contribution < 1.29 is 31.9 Å². The number of oxazole rings is 1. The zero-order chi connectivity index (χ0) is 20.3. The number of carbonyl (C=O) groups excluding carboxylic acids is 2. The molecule has 1 fully saturated rings. The van der Waals surface area contributed by atoms with E-state index in [0.717, 1.165) is 25.0 Å². The van der Waals surface area contributed by atoms with Crippen molar-refractivity contribution >= 4 is 11.9 Å². The van der Waals surface area contributed by atoms with E-state index in [2.05, 4.69) is 10.3 Å². The molecule has 2 aromatic rings. The molecule has 1 saturated heterocycles. The van der Waals surface area contributed by atoms with Gasteiger partial charge in [-0.3, -0.25) is 4.79 Å². The molecule has 28 heavy (non-hydrogen) atoms. The molecule has 1 aromatic heterocycles. The highest BCUT2D eigenvalue weighted by molar-refractivity contribution is 5.89. The summed E-state index contributed by atoms with van der Waals surface area (Å²) in [5, 5.41) is 2.76. The Hall–Kier alpha value is -2.84. The maximum atomic E-state index is 12.9. The Labute approximate surface area is 159 Å². The molecule has 1 aromatic carbocycles. The van der Waals surface area contributed by atoms with E-state index in [1.54, 1.807) is 0 Å². The van der Waals surface area contributed by atoms with Crippen LogP contribution in [0.15, 0.2) is 28.7 Å². The molecule has 1 unspecified atom stereocenters. The van der Waals surface area contributed by atoms with E-state index < -0.39 is 23.6 Å². The number of aromatic nitrogens is 1. The molecular formula is C19H19F3N2O4. The smallest absolute Gasteiger partial charge is 0.416 e. The number of nitrogens with zero attached hydrogens (tertiary/aromatic N) is 1. The third-order valence-electron chi connectivity index (χ3n) is 4.49. The van der Waals surface area contributed by atoms with Gasteiger partial charge in [0.2, 0.25) is 11.8 Å². The van der Waals surface area contributed by atoms with Gasteiger partial charge < -0.3 is 14.5 Å². The summed E-state index contributed by atoms with van der Waals surface area (Å²) in [6.45, 7) is 1.99. The van der Waals surface area contributed by atoms with Gasteiger partial charge in [-0.15, -0.1) is 0 Å². The number of benzene rings is 1. The second-order valence-electron chi connectivity index (χ2n) is 6.58. The highest BCUT2D eigenvalue weighted by Crippen LogP contribution is 2.32. The summed E-state index contributed by atoms with van der Waals surface area (Å²) in [6.07, 6.45) is -2.16. The maximum absolute atomic E-state index is 12.9. The van der Waals surface area contributed by atoms with Crippen molar-refractivity contribution in [1.82, 2.24) is 10.3 Å². The normalized spacial score (nSPS) is 17.7. The van der Waals surface area contributed by atoms with Crippen molar-refractivity contribution in [1.29, 1.82) is 0 Å². The number of alkyl halides is 3. The van der Waals surface area contributed by atoms with Crippen LogP contribution in [0.4, 0.5) is 13.2 Å². The number of hydrogen-bond donors (Lipinski definition) is 1. The fourth-order valence-corrected chi connectivity index (χ4v) is 2.94. The first-order chi connectivity index (χ1) is 13.3. The maximum Gasteiger partial charge on any atom is 0.416 e. The Bertz CT molecular complexity index is 876. The second kappa shape index (κ2) is 8.04. The number of rotatable bonds is 4. The number of nitrogens with one attached hydrogen (secondary N) is 1. The average molecular weight is 396 g/mol. The van der Waals surface area contributed by atoms with Crippen LogP contribution in [0.3, 0.4) is 0 Å². The predicted octanol–water partition coefficient (Wildman–Crippen LogP) is 3.74. The second-order valence-corrected chi connectivity index (χ2v) is 6.58. The van der Waals surface area contributed by atoms with E-state index in [9.17, 15) is 22.8 Å². The van der Waals surface area contributed by atoms with E-state index in [4.69, 9.17) is 9.15 Å². The van der Waals surface area contributed by atoms with Crippen molar-refractivity contribution in [2.45, 2.75) is 32.4 Å². The number of aryl methyl sites for hydroxylation is 1. The van der Waals surface area contributed by atoms with Crippen LogP contribution in [-0.2, 0) is 15.7 Å². The molecule has 9 heteroatoms. The molecule has 0 radical (unpaired) electrons. The van der Waals surface area contributed by atoms with Crippen LogP contribution in [0.25, 0.3) is 11.5 Å². The van der Waals surface area contributed by atoms with E-state index >= 15 is 0 Å². The predicted molar refractivity (Wildman–Crippen MR) is 92.3 cm³/mol. The van der Waals surface area contributed by atoms with Crippen LogP contribution in [0, 0.1) is 12.8 Å².